The van der Waals surface area contributed by atoms with Gasteiger partial charge in [-0.15, -0.1) is 0 Å². The predicted octanol–water partition coefficient (Wildman–Crippen LogP) is 1.14. The highest BCUT2D eigenvalue weighted by Gasteiger charge is 2.06. The summed E-state index contributed by atoms with van der Waals surface area (Å²) in [5.74, 6) is -0.370. The number of carboxylic acid groups (broad SMARTS) is 1. The Kier molecular flexibility index (Phi) is 6.88. The Balaban J connectivity index is 2.32. The van der Waals surface area contributed by atoms with Crippen LogP contribution in [0.1, 0.15) is 25.3 Å². The minimum absolute atomic E-state index is 0.0391. The summed E-state index contributed by atoms with van der Waals surface area (Å²) in [6.07, 6.45) is 2.07. The van der Waals surface area contributed by atoms with Crippen LogP contribution in [-0.2, 0) is 11.3 Å². The van der Waals surface area contributed by atoms with Crippen LogP contribution in [0.15, 0.2) is 18.3 Å². The predicted molar refractivity (Wildman–Crippen MR) is 72.5 cm³/mol. The monoisotopic (exact) mass is 281 g/mol. The summed E-state index contributed by atoms with van der Waals surface area (Å²) in [4.78, 5) is 25.9. The number of nitrogens with zero attached hydrogens (tertiary/aromatic N) is 1. The third-order valence-electron chi connectivity index (χ3n) is 2.42. The molecule has 0 aromatic carbocycles. The van der Waals surface area contributed by atoms with Gasteiger partial charge in [-0.1, -0.05) is 6.07 Å². The molecular formula is C13H19N3O4. The molecule has 1 heterocycles. The first-order chi connectivity index (χ1) is 9.63. The van der Waals surface area contributed by atoms with Crippen LogP contribution in [0, 0.1) is 0 Å². The van der Waals surface area contributed by atoms with E-state index in [1.165, 1.54) is 0 Å². The van der Waals surface area contributed by atoms with Crippen molar-refractivity contribution in [2.45, 2.75) is 26.3 Å². The standard InChI is InChI=1S/C13H19N3O4/c1-2-20-12-10(5-3-7-14-12)9-16-13(19)15-8-4-6-11(17)18/h3,5,7H,2,4,6,8-9H2,1H3,(H,17,18)(H2,15,16,19). The number of nitrogens with one attached hydrogen (secondary N) is 2. The number of rotatable bonds is 8. The number of carbonyl (C=O) groups is 2. The lowest BCUT2D eigenvalue weighted by molar-refractivity contribution is -0.137. The van der Waals surface area contributed by atoms with E-state index in [1.54, 1.807) is 12.3 Å². The summed E-state index contributed by atoms with van der Waals surface area (Å²) < 4.78 is 5.35. The maximum absolute atomic E-state index is 11.5. The van der Waals surface area contributed by atoms with Crippen LogP contribution in [0.5, 0.6) is 5.88 Å². The highest BCUT2D eigenvalue weighted by atomic mass is 16.5. The maximum atomic E-state index is 11.5. The number of carbonyl (C=O) groups excluding carboxylic acids is 1. The second-order valence-corrected chi connectivity index (χ2v) is 4.01. The molecule has 0 aliphatic carbocycles. The number of urea groups is 1. The van der Waals surface area contributed by atoms with E-state index in [4.69, 9.17) is 9.84 Å². The first-order valence-electron chi connectivity index (χ1n) is 6.43. The third-order valence-corrected chi connectivity index (χ3v) is 2.42. The van der Waals surface area contributed by atoms with Gasteiger partial charge in [0.05, 0.1) is 6.61 Å². The van der Waals surface area contributed by atoms with Crippen molar-refractivity contribution in [1.82, 2.24) is 15.6 Å². The summed E-state index contributed by atoms with van der Waals surface area (Å²) in [6.45, 7) is 2.99. The minimum Gasteiger partial charge on any atom is -0.481 e. The van der Waals surface area contributed by atoms with Crippen molar-refractivity contribution >= 4 is 12.0 Å². The Morgan fingerprint density at radius 2 is 2.20 bits per heavy atom. The number of aliphatic carboxylic acids is 1. The summed E-state index contributed by atoms with van der Waals surface area (Å²) in [5, 5.41) is 13.7. The number of ether oxygens (including phenoxy) is 1. The van der Waals surface area contributed by atoms with Gasteiger partial charge >= 0.3 is 12.0 Å². The first kappa shape index (κ1) is 15.7. The molecule has 110 valence electrons. The van der Waals surface area contributed by atoms with Gasteiger partial charge in [-0.3, -0.25) is 4.79 Å². The van der Waals surface area contributed by atoms with E-state index >= 15 is 0 Å². The Bertz CT molecular complexity index is 451. The minimum atomic E-state index is -0.871. The van der Waals surface area contributed by atoms with Crippen LogP contribution < -0.4 is 15.4 Å². The van der Waals surface area contributed by atoms with Crippen LogP contribution >= 0.6 is 0 Å². The van der Waals surface area contributed by atoms with Gasteiger partial charge in [-0.05, 0) is 19.4 Å². The molecule has 7 nitrogen and oxygen atoms in total. The summed E-state index contributed by atoms with van der Waals surface area (Å²) in [7, 11) is 0. The molecule has 1 rings (SSSR count). The quantitative estimate of drug-likeness (QED) is 0.620. The van der Waals surface area contributed by atoms with E-state index < -0.39 is 5.97 Å². The van der Waals surface area contributed by atoms with Gasteiger partial charge in [0.1, 0.15) is 0 Å². The summed E-state index contributed by atoms with van der Waals surface area (Å²) >= 11 is 0. The van der Waals surface area contributed by atoms with E-state index in [0.29, 0.717) is 32.0 Å². The van der Waals surface area contributed by atoms with Crippen molar-refractivity contribution in [2.24, 2.45) is 0 Å². The Morgan fingerprint density at radius 1 is 1.40 bits per heavy atom. The number of pyridine rings is 1. The molecule has 0 radical (unpaired) electrons. The van der Waals surface area contributed by atoms with Crippen molar-refractivity contribution < 1.29 is 19.4 Å². The molecule has 0 aliphatic rings. The van der Waals surface area contributed by atoms with Crippen LogP contribution in [0.4, 0.5) is 4.79 Å². The van der Waals surface area contributed by atoms with Crippen molar-refractivity contribution in [2.75, 3.05) is 13.2 Å². The van der Waals surface area contributed by atoms with Gasteiger partial charge in [-0.2, -0.15) is 0 Å². The van der Waals surface area contributed by atoms with E-state index in [9.17, 15) is 9.59 Å². The third kappa shape index (κ3) is 6.03. The molecule has 0 spiro atoms. The highest BCUT2D eigenvalue weighted by molar-refractivity contribution is 5.74. The Morgan fingerprint density at radius 3 is 2.90 bits per heavy atom. The second-order valence-electron chi connectivity index (χ2n) is 4.01. The molecular weight excluding hydrogens is 262 g/mol. The zero-order valence-corrected chi connectivity index (χ0v) is 11.4. The average Bonchev–Trinajstić information content (AvgIpc) is 2.43. The van der Waals surface area contributed by atoms with E-state index in [-0.39, 0.29) is 12.5 Å². The number of amides is 2. The molecule has 0 atom stereocenters. The fourth-order valence-corrected chi connectivity index (χ4v) is 1.50. The Labute approximate surface area is 117 Å². The molecule has 3 N–H and O–H groups in total. The zero-order valence-electron chi connectivity index (χ0n) is 11.4. The van der Waals surface area contributed by atoms with Crippen LogP contribution in [0.2, 0.25) is 0 Å². The number of hydrogen-bond donors (Lipinski definition) is 3. The molecule has 0 saturated heterocycles. The molecule has 7 heteroatoms. The highest BCUT2D eigenvalue weighted by Crippen LogP contribution is 2.13. The Hall–Kier alpha value is -2.31. The smallest absolute Gasteiger partial charge is 0.315 e. The van der Waals surface area contributed by atoms with Gasteiger partial charge in [0.15, 0.2) is 0 Å². The molecule has 2 amide bonds. The van der Waals surface area contributed by atoms with Gasteiger partial charge < -0.3 is 20.5 Å². The molecule has 0 fully saturated rings. The van der Waals surface area contributed by atoms with E-state index in [2.05, 4.69) is 15.6 Å². The van der Waals surface area contributed by atoms with Crippen LogP contribution in [0.25, 0.3) is 0 Å². The SMILES string of the molecule is CCOc1ncccc1CNC(=O)NCCCC(=O)O. The number of carboxylic acids is 1. The molecule has 20 heavy (non-hydrogen) atoms. The van der Waals surface area contributed by atoms with Gasteiger partial charge in [-0.25, -0.2) is 9.78 Å². The lowest BCUT2D eigenvalue weighted by atomic mass is 10.2. The van der Waals surface area contributed by atoms with Crippen LogP contribution in [0.3, 0.4) is 0 Å². The fraction of sp³-hybridized carbons (Fsp3) is 0.462. The molecule has 0 bridgehead atoms. The zero-order chi connectivity index (χ0) is 14.8. The fourth-order valence-electron chi connectivity index (χ4n) is 1.50. The van der Waals surface area contributed by atoms with Gasteiger partial charge in [0.25, 0.3) is 0 Å². The second kappa shape index (κ2) is 8.73. The van der Waals surface area contributed by atoms with Gasteiger partial charge in [0, 0.05) is 31.3 Å². The van der Waals surface area contributed by atoms with Crippen molar-refractivity contribution in [3.63, 3.8) is 0 Å². The van der Waals surface area contributed by atoms with E-state index in [0.717, 1.165) is 5.56 Å². The van der Waals surface area contributed by atoms with Gasteiger partial charge in [0.2, 0.25) is 5.88 Å². The van der Waals surface area contributed by atoms with E-state index in [1.807, 2.05) is 13.0 Å². The largest absolute Gasteiger partial charge is 0.481 e. The topological polar surface area (TPSA) is 101 Å². The van der Waals surface area contributed by atoms with Crippen molar-refractivity contribution in [3.8, 4) is 5.88 Å². The molecule has 1 aromatic heterocycles. The number of aromatic nitrogens is 1. The summed E-state index contributed by atoms with van der Waals surface area (Å²) in [6, 6.07) is 3.24. The van der Waals surface area contributed by atoms with Crippen LogP contribution in [-0.4, -0.2) is 35.2 Å². The lowest BCUT2D eigenvalue weighted by Crippen LogP contribution is -2.35. The first-order valence-corrected chi connectivity index (χ1v) is 6.43. The molecule has 1 aromatic rings. The van der Waals surface area contributed by atoms with Crippen molar-refractivity contribution in [3.05, 3.63) is 23.9 Å². The maximum Gasteiger partial charge on any atom is 0.315 e. The van der Waals surface area contributed by atoms with Crippen molar-refractivity contribution in [1.29, 1.82) is 0 Å². The summed E-state index contributed by atoms with van der Waals surface area (Å²) in [5.41, 5.74) is 0.787. The number of hydrogen-bond acceptors (Lipinski definition) is 4. The molecule has 0 saturated carbocycles. The molecule has 0 unspecified atom stereocenters. The molecule has 0 aliphatic heterocycles. The normalized spacial score (nSPS) is 9.85. The lowest BCUT2D eigenvalue weighted by Gasteiger charge is -2.10. The average molecular weight is 281 g/mol.